The summed E-state index contributed by atoms with van der Waals surface area (Å²) >= 11 is 1.02. The Balaban J connectivity index is 1.23. The van der Waals surface area contributed by atoms with Gasteiger partial charge in [0.25, 0.3) is 5.91 Å². The average Bonchev–Trinajstić information content (AvgIpc) is 3.38. The molecule has 0 atom stereocenters. The van der Waals surface area contributed by atoms with Crippen molar-refractivity contribution in [2.45, 2.75) is 32.0 Å². The first kappa shape index (κ1) is 30.3. The van der Waals surface area contributed by atoms with E-state index in [4.69, 9.17) is 4.74 Å². The number of fused-ring (bicyclic) bond motifs is 2. The van der Waals surface area contributed by atoms with Gasteiger partial charge in [-0.25, -0.2) is 9.97 Å². The van der Waals surface area contributed by atoms with Crippen molar-refractivity contribution in [2.75, 3.05) is 87.0 Å². The average molecular weight is 632 g/mol. The number of thiazole rings is 1. The molecule has 3 aliphatic heterocycles. The molecule has 15 heteroatoms. The van der Waals surface area contributed by atoms with Crippen molar-refractivity contribution in [3.8, 4) is 5.75 Å². The van der Waals surface area contributed by atoms with Crippen LogP contribution in [0.3, 0.4) is 0 Å². The molecule has 2 fully saturated rings. The van der Waals surface area contributed by atoms with E-state index in [1.54, 1.807) is 14.0 Å². The second kappa shape index (κ2) is 12.0. The molecule has 0 radical (unpaired) electrons. The highest BCUT2D eigenvalue weighted by Crippen LogP contribution is 2.44. The van der Waals surface area contributed by atoms with Gasteiger partial charge in [0.1, 0.15) is 23.0 Å². The number of likely N-dealkylation sites (N-methyl/N-ethyl adjacent to an activating group) is 1. The fourth-order valence-corrected chi connectivity index (χ4v) is 6.98. The van der Waals surface area contributed by atoms with E-state index in [-0.39, 0.29) is 28.1 Å². The van der Waals surface area contributed by atoms with Crippen LogP contribution in [0.2, 0.25) is 0 Å². The molecule has 0 spiro atoms. The van der Waals surface area contributed by atoms with E-state index in [2.05, 4.69) is 42.0 Å². The summed E-state index contributed by atoms with van der Waals surface area (Å²) in [5, 5.41) is 3.69. The number of amides is 1. The Kier molecular flexibility index (Phi) is 8.28. The zero-order valence-corrected chi connectivity index (χ0v) is 26.0. The van der Waals surface area contributed by atoms with Crippen LogP contribution < -0.4 is 24.8 Å². The maximum atomic E-state index is 13.8. The Labute approximate surface area is 258 Å². The summed E-state index contributed by atoms with van der Waals surface area (Å²) in [7, 11) is 5.22. The van der Waals surface area contributed by atoms with Gasteiger partial charge >= 0.3 is 6.18 Å². The summed E-state index contributed by atoms with van der Waals surface area (Å²) < 4.78 is 47.1. The molecule has 2 saturated heterocycles. The number of carbonyl (C=O) groups is 1. The number of methoxy groups -OCH3 is 1. The van der Waals surface area contributed by atoms with Crippen LogP contribution in [0.1, 0.15) is 28.3 Å². The number of anilines is 6. The molecule has 11 nitrogen and oxygen atoms in total. The maximum Gasteiger partial charge on any atom is 0.406 e. The third kappa shape index (κ3) is 6.13. The lowest BCUT2D eigenvalue weighted by Crippen LogP contribution is -2.52. The third-order valence-electron chi connectivity index (χ3n) is 8.49. The minimum Gasteiger partial charge on any atom is -0.494 e. The Morgan fingerprint density at radius 2 is 1.80 bits per heavy atom. The molecule has 5 heterocycles. The van der Waals surface area contributed by atoms with Gasteiger partial charge in [0.15, 0.2) is 11.5 Å². The summed E-state index contributed by atoms with van der Waals surface area (Å²) in [4.78, 5) is 35.8. The number of aryl methyl sites for hydroxylation is 1. The number of aromatic nitrogens is 3. The topological polar surface area (TPSA) is 93.2 Å². The van der Waals surface area contributed by atoms with Crippen LogP contribution in [0.15, 0.2) is 24.4 Å². The minimum absolute atomic E-state index is 0.0446. The first-order valence-corrected chi connectivity index (χ1v) is 15.4. The molecule has 3 aliphatic rings. The number of halogens is 3. The number of piperazine rings is 1. The van der Waals surface area contributed by atoms with Crippen molar-refractivity contribution >= 4 is 51.1 Å². The molecule has 0 saturated carbocycles. The molecule has 0 unspecified atom stereocenters. The third-order valence-corrected chi connectivity index (χ3v) is 9.48. The molecule has 1 amide bonds. The molecule has 0 aliphatic carbocycles. The van der Waals surface area contributed by atoms with E-state index >= 15 is 0 Å². The number of carbonyl (C=O) groups excluding carboxylic acids is 1. The van der Waals surface area contributed by atoms with E-state index in [0.717, 1.165) is 74.0 Å². The van der Waals surface area contributed by atoms with E-state index in [1.165, 1.54) is 18.1 Å². The van der Waals surface area contributed by atoms with Crippen LogP contribution in [-0.2, 0) is 0 Å². The largest absolute Gasteiger partial charge is 0.494 e. The lowest BCUT2D eigenvalue weighted by Gasteiger charge is -2.42. The molecule has 1 aromatic carbocycles. The van der Waals surface area contributed by atoms with Gasteiger partial charge in [0.05, 0.1) is 24.0 Å². The van der Waals surface area contributed by atoms with Crippen molar-refractivity contribution in [1.29, 1.82) is 0 Å². The van der Waals surface area contributed by atoms with Crippen LogP contribution in [-0.4, -0.2) is 110 Å². The highest BCUT2D eigenvalue weighted by atomic mass is 32.1. The van der Waals surface area contributed by atoms with Crippen molar-refractivity contribution in [3.63, 3.8) is 0 Å². The molecule has 2 aromatic heterocycles. The fourth-order valence-electron chi connectivity index (χ4n) is 6.07. The Bertz CT molecular complexity index is 1520. The van der Waals surface area contributed by atoms with E-state index in [9.17, 15) is 18.0 Å². The summed E-state index contributed by atoms with van der Waals surface area (Å²) in [6.07, 6.45) is -1.02. The predicted molar refractivity (Wildman–Crippen MR) is 165 cm³/mol. The fraction of sp³-hybridized carbons (Fsp3) is 0.517. The smallest absolute Gasteiger partial charge is 0.406 e. The van der Waals surface area contributed by atoms with Crippen molar-refractivity contribution < 1.29 is 22.7 Å². The van der Waals surface area contributed by atoms with Gasteiger partial charge in [-0.15, -0.1) is 11.3 Å². The van der Waals surface area contributed by atoms with Crippen molar-refractivity contribution in [3.05, 3.63) is 35.1 Å². The van der Waals surface area contributed by atoms with Crippen LogP contribution in [0, 0.1) is 6.92 Å². The Morgan fingerprint density at radius 1 is 1.07 bits per heavy atom. The summed E-state index contributed by atoms with van der Waals surface area (Å²) in [5.41, 5.74) is 1.71. The molecular formula is C29H36F3N9O2S. The van der Waals surface area contributed by atoms with E-state index < -0.39 is 18.6 Å². The lowest BCUT2D eigenvalue weighted by atomic mass is 10.0. The van der Waals surface area contributed by atoms with Gasteiger partial charge in [0.2, 0.25) is 5.95 Å². The zero-order valence-electron chi connectivity index (χ0n) is 25.2. The molecular weight excluding hydrogens is 595 g/mol. The number of benzene rings is 1. The number of hydrogen-bond donors (Lipinski definition) is 1. The van der Waals surface area contributed by atoms with Crippen LogP contribution >= 0.6 is 11.3 Å². The van der Waals surface area contributed by atoms with E-state index in [1.807, 2.05) is 18.2 Å². The number of hydrogen-bond acceptors (Lipinski definition) is 11. The quantitative estimate of drug-likeness (QED) is 0.419. The number of rotatable bonds is 6. The zero-order chi connectivity index (χ0) is 31.2. The minimum atomic E-state index is -4.56. The molecule has 6 rings (SSSR count). The number of nitrogens with one attached hydrogen (secondary N) is 1. The molecule has 0 bridgehead atoms. The summed E-state index contributed by atoms with van der Waals surface area (Å²) in [6, 6.07) is 6.42. The number of alkyl halides is 3. The number of ether oxygens (including phenoxy) is 1. The van der Waals surface area contributed by atoms with Gasteiger partial charge in [-0.1, -0.05) is 0 Å². The van der Waals surface area contributed by atoms with E-state index in [0.29, 0.717) is 22.5 Å². The number of nitrogens with zero attached hydrogens (tertiary/aromatic N) is 8. The normalized spacial score (nSPS) is 18.7. The highest BCUT2D eigenvalue weighted by Gasteiger charge is 2.40. The van der Waals surface area contributed by atoms with Gasteiger partial charge < -0.3 is 29.7 Å². The Morgan fingerprint density at radius 3 is 2.48 bits per heavy atom. The van der Waals surface area contributed by atoms with Crippen LogP contribution in [0.4, 0.5) is 47.0 Å². The first-order valence-electron chi connectivity index (χ1n) is 14.6. The second-order valence-corrected chi connectivity index (χ2v) is 12.6. The lowest BCUT2D eigenvalue weighted by molar-refractivity contribution is -0.118. The van der Waals surface area contributed by atoms with Gasteiger partial charge in [-0.3, -0.25) is 9.69 Å². The Hall–Kier alpha value is -3.69. The van der Waals surface area contributed by atoms with Gasteiger partial charge in [-0.05, 0) is 38.9 Å². The molecule has 44 heavy (non-hydrogen) atoms. The first-order chi connectivity index (χ1) is 21.0. The predicted octanol–water partition coefficient (Wildman–Crippen LogP) is 4.50. The SMILES string of the molecule is COc1cc(N2CCC(N3CCN(C)CC3)CC2)ccc1Nc1ncc2c(n1)N(CC(F)(F)F)c1sc(C)nc1C(=O)N2C. The summed E-state index contributed by atoms with van der Waals surface area (Å²) in [5.74, 6) is 0.0591. The highest BCUT2D eigenvalue weighted by molar-refractivity contribution is 7.16. The maximum absolute atomic E-state index is 13.8. The number of piperidine rings is 1. The van der Waals surface area contributed by atoms with Crippen molar-refractivity contribution in [2.24, 2.45) is 0 Å². The van der Waals surface area contributed by atoms with Crippen LogP contribution in [0.25, 0.3) is 0 Å². The van der Waals surface area contributed by atoms with Crippen LogP contribution in [0.5, 0.6) is 5.75 Å². The van der Waals surface area contributed by atoms with Gasteiger partial charge in [-0.2, -0.15) is 18.2 Å². The molecule has 3 aromatic rings. The summed E-state index contributed by atoms with van der Waals surface area (Å²) in [6.45, 7) is 6.66. The molecule has 236 valence electrons. The van der Waals surface area contributed by atoms with Gasteiger partial charge in [0, 0.05) is 64.1 Å². The monoisotopic (exact) mass is 631 g/mol. The second-order valence-electron chi connectivity index (χ2n) is 11.4. The standard InChI is InChI=1S/C29H36F3N9O2S/c1-18-34-24-26(42)38(3)22-16-33-28(36-25(22)41(27(24)44-18)17-29(30,31)32)35-21-6-5-20(15-23(21)43-4)39-9-7-19(8-10-39)40-13-11-37(2)12-14-40/h5-6,15-16,19H,7-14,17H2,1-4H3,(H,33,35,36). The molecule has 1 N–H and O–H groups in total. The van der Waals surface area contributed by atoms with Crippen molar-refractivity contribution in [1.82, 2.24) is 24.8 Å².